The Morgan fingerprint density at radius 2 is 1.90 bits per heavy atom. The third-order valence-electron chi connectivity index (χ3n) is 7.14. The minimum Gasteiger partial charge on any atom is -0.490 e. The normalized spacial score (nSPS) is 14.3. The standard InChI is InChI=1S/C33H35FN2O4/c1-19-23-13-10-16-39-29(23)26(34)18-24(19)28-25-17-22(15-14-21-11-8-7-9-12-21)36-31(25)35-20(2)27(28)30(32(37)38-6)40-33(3,4)5/h7-9,11-12,14-15,17-18,30H,10,13,16H2,1-6H3,(H,35,36)/t30-/m0/s1. The molecule has 0 bridgehead atoms. The molecule has 1 aliphatic rings. The van der Waals surface area contributed by atoms with E-state index in [4.69, 9.17) is 19.2 Å². The van der Waals surface area contributed by atoms with Crippen LogP contribution in [0.1, 0.15) is 66.9 Å². The van der Waals surface area contributed by atoms with Crippen LogP contribution in [0.3, 0.4) is 0 Å². The molecule has 3 heterocycles. The number of aryl methyl sites for hydroxylation is 1. The van der Waals surface area contributed by atoms with Gasteiger partial charge in [-0.05, 0) is 82.4 Å². The van der Waals surface area contributed by atoms with Crippen LogP contribution in [0.4, 0.5) is 4.39 Å². The number of esters is 1. The quantitative estimate of drug-likeness (QED) is 0.255. The number of aromatic amines is 1. The summed E-state index contributed by atoms with van der Waals surface area (Å²) < 4.78 is 32.8. The molecular weight excluding hydrogens is 507 g/mol. The fourth-order valence-electron chi connectivity index (χ4n) is 5.35. The number of H-pyrrole nitrogens is 1. The number of nitrogens with one attached hydrogen (secondary N) is 1. The van der Waals surface area contributed by atoms with Gasteiger partial charge in [0.15, 0.2) is 17.7 Å². The molecule has 0 fully saturated rings. The van der Waals surface area contributed by atoms with E-state index in [0.717, 1.165) is 34.2 Å². The van der Waals surface area contributed by atoms with E-state index in [1.54, 1.807) is 0 Å². The van der Waals surface area contributed by atoms with Gasteiger partial charge in [0.05, 0.1) is 19.3 Å². The lowest BCUT2D eigenvalue weighted by Gasteiger charge is -2.29. The number of fused-ring (bicyclic) bond motifs is 2. The van der Waals surface area contributed by atoms with Crippen molar-refractivity contribution in [2.45, 2.75) is 59.2 Å². The van der Waals surface area contributed by atoms with Crippen molar-refractivity contribution in [2.75, 3.05) is 13.7 Å². The number of carbonyl (C=O) groups excluding carboxylic acids is 1. The van der Waals surface area contributed by atoms with Crippen molar-refractivity contribution < 1.29 is 23.4 Å². The van der Waals surface area contributed by atoms with Crippen LogP contribution in [0.25, 0.3) is 34.3 Å². The smallest absolute Gasteiger partial charge is 0.339 e. The van der Waals surface area contributed by atoms with E-state index >= 15 is 4.39 Å². The molecule has 1 aliphatic heterocycles. The average Bonchev–Trinajstić information content (AvgIpc) is 3.34. The molecule has 2 aromatic heterocycles. The lowest BCUT2D eigenvalue weighted by molar-refractivity contribution is -0.164. The molecule has 4 aromatic rings. The molecule has 0 saturated heterocycles. The summed E-state index contributed by atoms with van der Waals surface area (Å²) in [5, 5.41) is 0.763. The van der Waals surface area contributed by atoms with Crippen molar-refractivity contribution in [2.24, 2.45) is 0 Å². The van der Waals surface area contributed by atoms with Crippen molar-refractivity contribution in [3.8, 4) is 16.9 Å². The second-order valence-corrected chi connectivity index (χ2v) is 11.1. The average molecular weight is 543 g/mol. The minimum atomic E-state index is -1.06. The summed E-state index contributed by atoms with van der Waals surface area (Å²) in [5.41, 5.74) is 6.15. The number of nitrogens with zero attached hydrogens (tertiary/aromatic N) is 1. The van der Waals surface area contributed by atoms with Gasteiger partial charge in [0.2, 0.25) is 0 Å². The summed E-state index contributed by atoms with van der Waals surface area (Å²) in [7, 11) is 1.34. The monoisotopic (exact) mass is 542 g/mol. The van der Waals surface area contributed by atoms with Gasteiger partial charge in [0.1, 0.15) is 5.65 Å². The Bertz CT molecular complexity index is 1600. The Balaban J connectivity index is 1.80. The first-order chi connectivity index (χ1) is 19.1. The lowest BCUT2D eigenvalue weighted by Crippen LogP contribution is -2.29. The van der Waals surface area contributed by atoms with E-state index < -0.39 is 23.5 Å². The number of aromatic nitrogens is 2. The topological polar surface area (TPSA) is 73.4 Å². The molecule has 0 saturated carbocycles. The predicted molar refractivity (Wildman–Crippen MR) is 156 cm³/mol. The SMILES string of the molecule is COC(=O)[C@@H](OC(C)(C)C)c1c(C)nc2[nH]c(C=Cc3ccccc3)cc2c1-c1cc(F)c2c(c1C)CCCO2. The molecule has 0 aliphatic carbocycles. The molecule has 6 nitrogen and oxygen atoms in total. The third-order valence-corrected chi connectivity index (χ3v) is 7.14. The number of pyridine rings is 1. The van der Waals surface area contributed by atoms with Gasteiger partial charge in [0.25, 0.3) is 0 Å². The van der Waals surface area contributed by atoms with Crippen molar-refractivity contribution >= 4 is 29.2 Å². The number of hydrogen-bond acceptors (Lipinski definition) is 5. The van der Waals surface area contributed by atoms with Crippen molar-refractivity contribution in [1.29, 1.82) is 0 Å². The van der Waals surface area contributed by atoms with Crippen molar-refractivity contribution in [1.82, 2.24) is 9.97 Å². The van der Waals surface area contributed by atoms with Crippen LogP contribution >= 0.6 is 0 Å². The zero-order valence-electron chi connectivity index (χ0n) is 23.9. The number of methoxy groups -OCH3 is 1. The van der Waals surface area contributed by atoms with Crippen LogP contribution in [-0.4, -0.2) is 35.3 Å². The number of hydrogen-bond donors (Lipinski definition) is 1. The van der Waals surface area contributed by atoms with Gasteiger partial charge < -0.3 is 19.2 Å². The van der Waals surface area contributed by atoms with Crippen molar-refractivity contribution in [3.63, 3.8) is 0 Å². The lowest BCUT2D eigenvalue weighted by atomic mass is 9.86. The largest absolute Gasteiger partial charge is 0.490 e. The highest BCUT2D eigenvalue weighted by Crippen LogP contribution is 2.44. The molecule has 2 aromatic carbocycles. The highest BCUT2D eigenvalue weighted by Gasteiger charge is 2.34. The summed E-state index contributed by atoms with van der Waals surface area (Å²) in [6, 6.07) is 13.5. The molecule has 1 atom stereocenters. The summed E-state index contributed by atoms with van der Waals surface area (Å²) >= 11 is 0. The second kappa shape index (κ2) is 10.9. The Morgan fingerprint density at radius 3 is 2.60 bits per heavy atom. The summed E-state index contributed by atoms with van der Waals surface area (Å²) in [6.07, 6.45) is 4.45. The van der Waals surface area contributed by atoms with Crippen LogP contribution < -0.4 is 4.74 Å². The van der Waals surface area contributed by atoms with Crippen LogP contribution in [-0.2, 0) is 20.7 Å². The van der Waals surface area contributed by atoms with Gasteiger partial charge in [-0.15, -0.1) is 0 Å². The molecule has 1 N–H and O–H groups in total. The highest BCUT2D eigenvalue weighted by molar-refractivity contribution is 6.00. The molecule has 5 rings (SSSR count). The number of ether oxygens (including phenoxy) is 3. The maximum absolute atomic E-state index is 15.6. The number of halogens is 1. The molecular formula is C33H35FN2O4. The Labute approximate surface area is 234 Å². The van der Waals surface area contributed by atoms with Gasteiger partial charge >= 0.3 is 5.97 Å². The van der Waals surface area contributed by atoms with Gasteiger partial charge in [-0.1, -0.05) is 36.4 Å². The van der Waals surface area contributed by atoms with E-state index in [2.05, 4.69) is 4.98 Å². The first-order valence-corrected chi connectivity index (χ1v) is 13.5. The molecule has 0 amide bonds. The summed E-state index contributed by atoms with van der Waals surface area (Å²) in [5.74, 6) is -0.651. The zero-order chi connectivity index (χ0) is 28.6. The van der Waals surface area contributed by atoms with E-state index in [1.165, 1.54) is 13.2 Å². The van der Waals surface area contributed by atoms with Crippen molar-refractivity contribution in [3.05, 3.63) is 81.9 Å². The van der Waals surface area contributed by atoms with E-state index in [-0.39, 0.29) is 0 Å². The first kappa shape index (κ1) is 27.6. The molecule has 0 unspecified atom stereocenters. The van der Waals surface area contributed by atoms with Gasteiger partial charge in [-0.25, -0.2) is 14.2 Å². The van der Waals surface area contributed by atoms with Crippen LogP contribution in [0.5, 0.6) is 5.75 Å². The Hall–Kier alpha value is -3.97. The van der Waals surface area contributed by atoms with Crippen LogP contribution in [0, 0.1) is 19.7 Å². The van der Waals surface area contributed by atoms with E-state index in [0.29, 0.717) is 46.8 Å². The van der Waals surface area contributed by atoms with Crippen LogP contribution in [0.2, 0.25) is 0 Å². The van der Waals surface area contributed by atoms with E-state index in [1.807, 2.05) is 83.2 Å². The highest BCUT2D eigenvalue weighted by atomic mass is 19.1. The van der Waals surface area contributed by atoms with E-state index in [9.17, 15) is 4.79 Å². The van der Waals surface area contributed by atoms with Gasteiger partial charge in [-0.2, -0.15) is 0 Å². The molecule has 208 valence electrons. The maximum atomic E-state index is 15.6. The molecule has 7 heteroatoms. The maximum Gasteiger partial charge on any atom is 0.339 e. The fourth-order valence-corrected chi connectivity index (χ4v) is 5.35. The zero-order valence-corrected chi connectivity index (χ0v) is 23.9. The summed E-state index contributed by atoms with van der Waals surface area (Å²) in [4.78, 5) is 21.5. The third kappa shape index (κ3) is 5.39. The molecule has 0 radical (unpaired) electrons. The number of rotatable bonds is 6. The Morgan fingerprint density at radius 1 is 1.15 bits per heavy atom. The Kier molecular flexibility index (Phi) is 7.51. The van der Waals surface area contributed by atoms with Crippen LogP contribution in [0.15, 0.2) is 42.5 Å². The fraction of sp³-hybridized carbons (Fsp3) is 0.333. The number of benzene rings is 2. The van der Waals surface area contributed by atoms with Gasteiger partial charge in [-0.3, -0.25) is 0 Å². The second-order valence-electron chi connectivity index (χ2n) is 11.1. The minimum absolute atomic E-state index is 0.312. The predicted octanol–water partition coefficient (Wildman–Crippen LogP) is 7.51. The molecule has 40 heavy (non-hydrogen) atoms. The molecule has 0 spiro atoms. The first-order valence-electron chi connectivity index (χ1n) is 13.5. The summed E-state index contributed by atoms with van der Waals surface area (Å²) in [6.45, 7) is 9.96. The number of carbonyl (C=O) groups is 1. The van der Waals surface area contributed by atoms with Gasteiger partial charge in [0, 0.05) is 33.5 Å².